The maximum atomic E-state index is 14.6. The SMILES string of the molecule is COC(=O)c1c(C)cc2c(c1O)[C@]1(O)C(=O)c3cc4c(c(O)c3C(=O)[C@]1(C)[C@H](O)C2)C(=O)C=C(N[C@H]1O[C@@H](C)[C@H](OC)[C@@H](O)[C@H]1OC)C4(C)O. The molecule has 0 radical (unpaired) electrons. The smallest absolute Gasteiger partial charge is 0.341 e. The number of phenols is 2. The monoisotopic (exact) mass is 697 g/mol. The predicted octanol–water partition coefficient (Wildman–Crippen LogP) is 0.396. The number of phenolic OH excluding ortho intramolecular Hbond substituents is 2. The molecule has 0 aromatic heterocycles. The molecule has 15 nitrogen and oxygen atoms in total. The van der Waals surface area contributed by atoms with Crippen molar-refractivity contribution in [1.29, 1.82) is 0 Å². The van der Waals surface area contributed by atoms with Crippen LogP contribution >= 0.6 is 0 Å². The van der Waals surface area contributed by atoms with Gasteiger partial charge in [0, 0.05) is 43.4 Å². The number of aliphatic hydroxyl groups is 4. The van der Waals surface area contributed by atoms with Crippen LogP contribution in [0.25, 0.3) is 0 Å². The van der Waals surface area contributed by atoms with Crippen molar-refractivity contribution < 1.29 is 68.8 Å². The summed E-state index contributed by atoms with van der Waals surface area (Å²) in [6.07, 6.45) is -5.90. The molecule has 2 aromatic carbocycles. The van der Waals surface area contributed by atoms with Gasteiger partial charge in [-0.2, -0.15) is 0 Å². The average Bonchev–Trinajstić information content (AvgIpc) is 3.04. The lowest BCUT2D eigenvalue weighted by Gasteiger charge is -2.52. The zero-order valence-electron chi connectivity index (χ0n) is 28.4. The van der Waals surface area contributed by atoms with E-state index < -0.39 is 110 Å². The number of hydrogen-bond donors (Lipinski definition) is 7. The first kappa shape index (κ1) is 35.6. The molecule has 9 atom stereocenters. The Hall–Kier alpha value is -4.22. The van der Waals surface area contributed by atoms with Crippen LogP contribution in [0.4, 0.5) is 0 Å². The summed E-state index contributed by atoms with van der Waals surface area (Å²) in [6.45, 7) is 5.47. The standard InChI is InChI=1S/C35H39NO14/c1-12-8-14-9-19(38)33(3)30(43)21-15(29(42)35(33,46)23(14)25(40)20(12)32(44)49-7)10-16-22(24(21)39)17(37)11-18(34(16,4)45)36-31-28(48-6)26(41)27(47-5)13(2)50-31/h8,10-11,13,19,26-28,31,36,38-41,45-46H,9H2,1-7H3/t13-,19+,26+,27-,28+,31-,33-,34?,35-/m0/s1. The number of nitrogens with one attached hydrogen (secondary N) is 1. The second-order valence-electron chi connectivity index (χ2n) is 13.6. The Labute approximate surface area is 286 Å². The van der Waals surface area contributed by atoms with Crippen molar-refractivity contribution in [1.82, 2.24) is 5.32 Å². The third kappa shape index (κ3) is 4.41. The highest BCUT2D eigenvalue weighted by molar-refractivity contribution is 6.25. The van der Waals surface area contributed by atoms with Crippen molar-refractivity contribution in [3.8, 4) is 11.5 Å². The van der Waals surface area contributed by atoms with Crippen LogP contribution in [0.5, 0.6) is 11.5 Å². The lowest BCUT2D eigenvalue weighted by Crippen LogP contribution is -2.65. The molecule has 2 aromatic rings. The number of Topliss-reactive ketones (excluding diaryl/α,β-unsaturated/α-hetero) is 2. The molecular formula is C35H39NO14. The van der Waals surface area contributed by atoms with Gasteiger partial charge in [-0.05, 0) is 44.9 Å². The molecule has 0 saturated carbocycles. The Balaban J connectivity index is 1.52. The van der Waals surface area contributed by atoms with Crippen LogP contribution in [-0.4, -0.2) is 112 Å². The summed E-state index contributed by atoms with van der Waals surface area (Å²) >= 11 is 0. The van der Waals surface area contributed by atoms with E-state index in [1.807, 2.05) is 0 Å². The van der Waals surface area contributed by atoms with Gasteiger partial charge >= 0.3 is 5.97 Å². The Morgan fingerprint density at radius 3 is 2.20 bits per heavy atom. The van der Waals surface area contributed by atoms with Gasteiger partial charge < -0.3 is 54.9 Å². The summed E-state index contributed by atoms with van der Waals surface area (Å²) in [7, 11) is 3.78. The molecule has 0 amide bonds. The Kier molecular flexibility index (Phi) is 8.31. The summed E-state index contributed by atoms with van der Waals surface area (Å²) in [6, 6.07) is 2.38. The van der Waals surface area contributed by atoms with Crippen molar-refractivity contribution in [2.45, 2.75) is 82.1 Å². The van der Waals surface area contributed by atoms with Crippen LogP contribution in [0.1, 0.15) is 84.5 Å². The van der Waals surface area contributed by atoms with E-state index in [9.17, 15) is 49.8 Å². The summed E-state index contributed by atoms with van der Waals surface area (Å²) in [5, 5.41) is 72.6. The van der Waals surface area contributed by atoms with E-state index in [0.29, 0.717) is 0 Å². The fourth-order valence-corrected chi connectivity index (χ4v) is 8.10. The van der Waals surface area contributed by atoms with Crippen LogP contribution < -0.4 is 5.32 Å². The van der Waals surface area contributed by atoms with Crippen LogP contribution in [0, 0.1) is 12.3 Å². The number of hydrogen-bond acceptors (Lipinski definition) is 15. The summed E-state index contributed by atoms with van der Waals surface area (Å²) < 4.78 is 21.5. The number of allylic oxidation sites excluding steroid dienone is 1. The molecular weight excluding hydrogens is 658 g/mol. The molecule has 1 aliphatic heterocycles. The lowest BCUT2D eigenvalue weighted by molar-refractivity contribution is -0.237. The van der Waals surface area contributed by atoms with Gasteiger partial charge in [0.25, 0.3) is 0 Å². The van der Waals surface area contributed by atoms with Gasteiger partial charge in [-0.3, -0.25) is 14.4 Å². The summed E-state index contributed by atoms with van der Waals surface area (Å²) in [5.41, 5.74) is -10.5. The molecule has 1 saturated heterocycles. The summed E-state index contributed by atoms with van der Waals surface area (Å²) in [4.78, 5) is 55.4. The minimum Gasteiger partial charge on any atom is -0.507 e. The Morgan fingerprint density at radius 1 is 0.960 bits per heavy atom. The van der Waals surface area contributed by atoms with E-state index in [-0.39, 0.29) is 34.4 Å². The number of aryl methyl sites for hydroxylation is 1. The summed E-state index contributed by atoms with van der Waals surface area (Å²) in [5.74, 6) is -6.03. The van der Waals surface area contributed by atoms with Crippen molar-refractivity contribution in [3.63, 3.8) is 0 Å². The zero-order valence-corrected chi connectivity index (χ0v) is 28.4. The molecule has 4 aliphatic rings. The largest absolute Gasteiger partial charge is 0.507 e. The number of methoxy groups -OCH3 is 3. The van der Waals surface area contributed by atoms with Gasteiger partial charge in [0.1, 0.15) is 41.0 Å². The molecule has 15 heteroatoms. The van der Waals surface area contributed by atoms with Crippen LogP contribution in [0.3, 0.4) is 0 Å². The molecule has 6 rings (SSSR count). The number of rotatable bonds is 5. The second kappa shape index (κ2) is 11.7. The van der Waals surface area contributed by atoms with Crippen LogP contribution in [0.2, 0.25) is 0 Å². The van der Waals surface area contributed by atoms with E-state index in [2.05, 4.69) is 5.32 Å². The van der Waals surface area contributed by atoms with Gasteiger partial charge in [0.2, 0.25) is 5.78 Å². The number of ether oxygens (including phenoxy) is 4. The first-order valence-electron chi connectivity index (χ1n) is 15.8. The van der Waals surface area contributed by atoms with Gasteiger partial charge in [0.15, 0.2) is 23.4 Å². The van der Waals surface area contributed by atoms with E-state index in [1.54, 1.807) is 6.92 Å². The second-order valence-corrected chi connectivity index (χ2v) is 13.6. The Morgan fingerprint density at radius 2 is 1.60 bits per heavy atom. The molecule has 7 N–H and O–H groups in total. The first-order valence-corrected chi connectivity index (χ1v) is 15.8. The van der Waals surface area contributed by atoms with Crippen molar-refractivity contribution in [3.05, 3.63) is 68.4 Å². The third-order valence-electron chi connectivity index (χ3n) is 10.9. The van der Waals surface area contributed by atoms with Crippen LogP contribution in [0.15, 0.2) is 23.9 Å². The molecule has 3 aliphatic carbocycles. The van der Waals surface area contributed by atoms with Gasteiger partial charge in [-0.1, -0.05) is 6.07 Å². The van der Waals surface area contributed by atoms with Crippen molar-refractivity contribution in [2.24, 2.45) is 5.41 Å². The normalized spacial score (nSPS) is 34.6. The van der Waals surface area contributed by atoms with E-state index >= 15 is 0 Å². The van der Waals surface area contributed by atoms with Gasteiger partial charge in [-0.15, -0.1) is 0 Å². The highest BCUT2D eigenvalue weighted by Gasteiger charge is 2.69. The molecule has 0 bridgehead atoms. The van der Waals surface area contributed by atoms with Crippen LogP contribution in [-0.2, 0) is 36.6 Å². The number of aromatic hydroxyl groups is 2. The van der Waals surface area contributed by atoms with E-state index in [0.717, 1.165) is 26.2 Å². The fourth-order valence-electron chi connectivity index (χ4n) is 8.10. The maximum Gasteiger partial charge on any atom is 0.341 e. The van der Waals surface area contributed by atoms with E-state index in [4.69, 9.17) is 18.9 Å². The van der Waals surface area contributed by atoms with Gasteiger partial charge in [0.05, 0.1) is 41.6 Å². The number of aliphatic hydroxyl groups excluding tert-OH is 2. The number of benzene rings is 2. The molecule has 268 valence electrons. The molecule has 50 heavy (non-hydrogen) atoms. The number of carbonyl (C=O) groups is 4. The highest BCUT2D eigenvalue weighted by atomic mass is 16.6. The number of fused-ring (bicyclic) bond motifs is 5. The predicted molar refractivity (Wildman–Crippen MR) is 170 cm³/mol. The fraction of sp³-hybridized carbons (Fsp3) is 0.486. The third-order valence-corrected chi connectivity index (χ3v) is 10.9. The molecule has 1 heterocycles. The number of ketones is 3. The highest BCUT2D eigenvalue weighted by Crippen LogP contribution is 2.59. The molecule has 1 unspecified atom stereocenters. The molecule has 1 fully saturated rings. The average molecular weight is 698 g/mol. The van der Waals surface area contributed by atoms with Gasteiger partial charge in [-0.25, -0.2) is 4.79 Å². The number of esters is 1. The minimum atomic E-state index is -3.00. The van der Waals surface area contributed by atoms with Crippen molar-refractivity contribution >= 4 is 23.3 Å². The Bertz CT molecular complexity index is 1900. The lowest BCUT2D eigenvalue weighted by atomic mass is 9.51. The number of carbonyl (C=O) groups excluding carboxylic acids is 4. The maximum absolute atomic E-state index is 14.6. The molecule has 0 spiro atoms. The quantitative estimate of drug-likeness (QED) is 0.209. The van der Waals surface area contributed by atoms with Crippen molar-refractivity contribution in [2.75, 3.05) is 21.3 Å². The topological polar surface area (TPSA) is 239 Å². The first-order chi connectivity index (χ1) is 23.3. The zero-order chi connectivity index (χ0) is 37.0. The van der Waals surface area contributed by atoms with E-state index in [1.165, 1.54) is 34.1 Å². The minimum absolute atomic E-state index is 0.0795.